The molecule has 0 atom stereocenters. The maximum atomic E-state index is 12.4. The number of aromatic hydroxyl groups is 1. The highest BCUT2D eigenvalue weighted by atomic mass is 16.5. The van der Waals surface area contributed by atoms with Crippen LogP contribution in [-0.2, 0) is 11.3 Å². The molecular formula is C18H21NO5. The molecule has 2 aromatic rings. The number of aryl methyl sites for hydroxylation is 1. The molecule has 1 N–H and O–H groups in total. The third kappa shape index (κ3) is 3.32. The fourth-order valence-corrected chi connectivity index (χ4v) is 2.59. The van der Waals surface area contributed by atoms with Crippen molar-refractivity contribution in [3.63, 3.8) is 0 Å². The summed E-state index contributed by atoms with van der Waals surface area (Å²) < 4.78 is 6.42. The lowest BCUT2D eigenvalue weighted by molar-refractivity contribution is 0.0587. The SMILES string of the molecule is COC(=O)c1cc(=O)c2cc(C(C)=O)c(O)cc2n1CCC(C)C. The third-order valence-electron chi connectivity index (χ3n) is 3.93. The predicted octanol–water partition coefficient (Wildman–Crippen LogP) is 2.74. The molecule has 0 saturated heterocycles. The summed E-state index contributed by atoms with van der Waals surface area (Å²) in [6.45, 7) is 5.90. The Kier molecular flexibility index (Phi) is 5.07. The van der Waals surface area contributed by atoms with Gasteiger partial charge in [-0.25, -0.2) is 4.79 Å². The molecular weight excluding hydrogens is 310 g/mol. The van der Waals surface area contributed by atoms with Crippen molar-refractivity contribution in [1.82, 2.24) is 4.57 Å². The number of phenolic OH excluding ortho intramolecular Hbond substituents is 1. The van der Waals surface area contributed by atoms with E-state index in [0.717, 1.165) is 6.42 Å². The molecule has 0 aliphatic rings. The number of hydrogen-bond acceptors (Lipinski definition) is 5. The van der Waals surface area contributed by atoms with Gasteiger partial charge in [-0.05, 0) is 25.3 Å². The van der Waals surface area contributed by atoms with Crippen molar-refractivity contribution in [2.45, 2.75) is 33.7 Å². The molecule has 0 fully saturated rings. The summed E-state index contributed by atoms with van der Waals surface area (Å²) >= 11 is 0. The lowest BCUT2D eigenvalue weighted by Crippen LogP contribution is -2.20. The van der Waals surface area contributed by atoms with Crippen molar-refractivity contribution in [2.75, 3.05) is 7.11 Å². The second-order valence-electron chi connectivity index (χ2n) is 6.16. The van der Waals surface area contributed by atoms with E-state index in [1.807, 2.05) is 13.8 Å². The first-order valence-corrected chi connectivity index (χ1v) is 7.76. The largest absolute Gasteiger partial charge is 0.507 e. The van der Waals surface area contributed by atoms with E-state index in [1.165, 1.54) is 32.2 Å². The minimum atomic E-state index is -0.618. The molecule has 1 aromatic heterocycles. The minimum absolute atomic E-state index is 0.0841. The Morgan fingerprint density at radius 1 is 1.25 bits per heavy atom. The topological polar surface area (TPSA) is 85.6 Å². The Morgan fingerprint density at radius 3 is 2.46 bits per heavy atom. The molecule has 1 aromatic carbocycles. The Labute approximate surface area is 139 Å². The highest BCUT2D eigenvalue weighted by molar-refractivity contribution is 6.01. The molecule has 0 radical (unpaired) electrons. The fourth-order valence-electron chi connectivity index (χ4n) is 2.59. The van der Waals surface area contributed by atoms with Gasteiger partial charge in [0.25, 0.3) is 0 Å². The van der Waals surface area contributed by atoms with Crippen molar-refractivity contribution >= 4 is 22.7 Å². The molecule has 0 aliphatic heterocycles. The predicted molar refractivity (Wildman–Crippen MR) is 90.7 cm³/mol. The monoisotopic (exact) mass is 331 g/mol. The number of esters is 1. The lowest BCUT2D eigenvalue weighted by Gasteiger charge is -2.17. The van der Waals surface area contributed by atoms with Gasteiger partial charge in [-0.1, -0.05) is 13.8 Å². The van der Waals surface area contributed by atoms with Crippen molar-refractivity contribution in [2.24, 2.45) is 5.92 Å². The highest BCUT2D eigenvalue weighted by Crippen LogP contribution is 2.25. The average molecular weight is 331 g/mol. The van der Waals surface area contributed by atoms with Crippen LogP contribution in [0.1, 0.15) is 48.0 Å². The molecule has 2 rings (SSSR count). The molecule has 6 heteroatoms. The molecule has 0 saturated carbocycles. The van der Waals surface area contributed by atoms with Crippen LogP contribution in [0.5, 0.6) is 5.75 Å². The van der Waals surface area contributed by atoms with Crippen LogP contribution in [0.4, 0.5) is 0 Å². The van der Waals surface area contributed by atoms with Gasteiger partial charge < -0.3 is 14.4 Å². The summed E-state index contributed by atoms with van der Waals surface area (Å²) in [5.41, 5.74) is 0.228. The van der Waals surface area contributed by atoms with Crippen LogP contribution in [0.15, 0.2) is 23.0 Å². The van der Waals surface area contributed by atoms with Gasteiger partial charge in [-0.15, -0.1) is 0 Å². The van der Waals surface area contributed by atoms with Crippen molar-refractivity contribution in [3.05, 3.63) is 39.7 Å². The van der Waals surface area contributed by atoms with Crippen LogP contribution < -0.4 is 5.43 Å². The van der Waals surface area contributed by atoms with Gasteiger partial charge in [0.1, 0.15) is 11.4 Å². The van der Waals surface area contributed by atoms with E-state index in [-0.39, 0.29) is 28.2 Å². The Morgan fingerprint density at radius 2 is 1.92 bits per heavy atom. The first-order chi connectivity index (χ1) is 11.3. The molecule has 0 aliphatic carbocycles. The molecule has 6 nitrogen and oxygen atoms in total. The number of Topliss-reactive ketones (excluding diaryl/α,β-unsaturated/α-hetero) is 1. The Bertz CT molecular complexity index is 864. The number of ether oxygens (including phenoxy) is 1. The van der Waals surface area contributed by atoms with E-state index >= 15 is 0 Å². The number of nitrogens with zero attached hydrogens (tertiary/aromatic N) is 1. The molecule has 1 heterocycles. The van der Waals surface area contributed by atoms with E-state index < -0.39 is 11.4 Å². The first kappa shape index (κ1) is 17.7. The van der Waals surface area contributed by atoms with Crippen LogP contribution in [-0.4, -0.2) is 28.5 Å². The highest BCUT2D eigenvalue weighted by Gasteiger charge is 2.19. The zero-order chi connectivity index (χ0) is 18.0. The lowest BCUT2D eigenvalue weighted by atomic mass is 10.0. The van der Waals surface area contributed by atoms with E-state index in [0.29, 0.717) is 18.0 Å². The maximum absolute atomic E-state index is 12.4. The smallest absolute Gasteiger partial charge is 0.354 e. The molecule has 0 unspecified atom stereocenters. The molecule has 128 valence electrons. The quantitative estimate of drug-likeness (QED) is 0.672. The number of ketones is 1. The van der Waals surface area contributed by atoms with Crippen LogP contribution in [0.2, 0.25) is 0 Å². The number of benzene rings is 1. The van der Waals surface area contributed by atoms with Gasteiger partial charge in [0.05, 0.1) is 18.2 Å². The number of rotatable bonds is 5. The third-order valence-corrected chi connectivity index (χ3v) is 3.93. The van der Waals surface area contributed by atoms with E-state index in [2.05, 4.69) is 0 Å². The van der Waals surface area contributed by atoms with E-state index in [1.54, 1.807) is 4.57 Å². The zero-order valence-corrected chi connectivity index (χ0v) is 14.3. The van der Waals surface area contributed by atoms with Crippen LogP contribution >= 0.6 is 0 Å². The molecule has 0 spiro atoms. The number of fused-ring (bicyclic) bond motifs is 1. The van der Waals surface area contributed by atoms with Crippen LogP contribution in [0.25, 0.3) is 10.9 Å². The van der Waals surface area contributed by atoms with Gasteiger partial charge in [0, 0.05) is 24.1 Å². The summed E-state index contributed by atoms with van der Waals surface area (Å²) in [6.07, 6.45) is 0.775. The number of hydrogen-bond donors (Lipinski definition) is 1. The summed E-state index contributed by atoms with van der Waals surface area (Å²) in [4.78, 5) is 36.0. The van der Waals surface area contributed by atoms with E-state index in [9.17, 15) is 19.5 Å². The number of aromatic nitrogens is 1. The maximum Gasteiger partial charge on any atom is 0.354 e. The van der Waals surface area contributed by atoms with Crippen molar-refractivity contribution in [1.29, 1.82) is 0 Å². The number of pyridine rings is 1. The van der Waals surface area contributed by atoms with Crippen molar-refractivity contribution < 1.29 is 19.4 Å². The van der Waals surface area contributed by atoms with Gasteiger partial charge in [0.2, 0.25) is 0 Å². The molecule has 24 heavy (non-hydrogen) atoms. The fraction of sp³-hybridized carbons (Fsp3) is 0.389. The zero-order valence-electron chi connectivity index (χ0n) is 14.3. The second-order valence-corrected chi connectivity index (χ2v) is 6.16. The number of carbonyl (C=O) groups excluding carboxylic acids is 2. The standard InChI is InChI=1S/C18H21NO5/c1-10(2)5-6-19-14-8-16(21)12(11(3)20)7-13(14)17(22)9-15(19)18(23)24-4/h7-10,21H,5-6H2,1-4H3. The van der Waals surface area contributed by atoms with Gasteiger partial charge in [-0.3, -0.25) is 9.59 Å². The Hall–Kier alpha value is -2.63. The Balaban J connectivity index is 2.82. The summed E-state index contributed by atoms with van der Waals surface area (Å²) in [5.74, 6) is -0.780. The first-order valence-electron chi connectivity index (χ1n) is 7.76. The van der Waals surface area contributed by atoms with E-state index in [4.69, 9.17) is 4.74 Å². The summed E-state index contributed by atoms with van der Waals surface area (Å²) in [7, 11) is 1.25. The molecule has 0 bridgehead atoms. The van der Waals surface area contributed by atoms with Gasteiger partial charge >= 0.3 is 5.97 Å². The van der Waals surface area contributed by atoms with Crippen LogP contribution in [0, 0.1) is 5.92 Å². The summed E-state index contributed by atoms with van der Waals surface area (Å²) in [5, 5.41) is 10.4. The molecule has 0 amide bonds. The average Bonchev–Trinajstić information content (AvgIpc) is 2.51. The number of carbonyl (C=O) groups is 2. The normalized spacial score (nSPS) is 11.0. The summed E-state index contributed by atoms with van der Waals surface area (Å²) in [6, 6.07) is 3.96. The number of phenols is 1. The number of methoxy groups -OCH3 is 1. The van der Waals surface area contributed by atoms with Crippen molar-refractivity contribution in [3.8, 4) is 5.75 Å². The van der Waals surface area contributed by atoms with Gasteiger partial charge in [-0.2, -0.15) is 0 Å². The minimum Gasteiger partial charge on any atom is -0.507 e. The van der Waals surface area contributed by atoms with Gasteiger partial charge in [0.15, 0.2) is 11.2 Å². The second kappa shape index (κ2) is 6.86. The van der Waals surface area contributed by atoms with Crippen LogP contribution in [0.3, 0.4) is 0 Å².